The van der Waals surface area contributed by atoms with Crippen molar-refractivity contribution < 1.29 is 4.79 Å². The first-order valence-electron chi connectivity index (χ1n) is 5.43. The average molecular weight is 318 g/mol. The van der Waals surface area contributed by atoms with Gasteiger partial charge in [0.2, 0.25) is 0 Å². The zero-order chi connectivity index (χ0) is 11.6. The summed E-state index contributed by atoms with van der Waals surface area (Å²) in [6, 6.07) is 0. The molecule has 0 aromatic rings. The molecule has 0 aromatic carbocycles. The fourth-order valence-electron chi connectivity index (χ4n) is 2.42. The quantitative estimate of drug-likeness (QED) is 0.425. The molecule has 15 heavy (non-hydrogen) atoms. The molecule has 0 aromatic heterocycles. The molecule has 1 rings (SSSR count). The van der Waals surface area contributed by atoms with Crippen LogP contribution in [0.25, 0.3) is 0 Å². The Labute approximate surface area is 106 Å². The molecule has 0 radical (unpaired) electrons. The highest BCUT2D eigenvalue weighted by atomic mass is 127. The Balaban J connectivity index is 3.01. The second-order valence-corrected chi connectivity index (χ2v) is 6.12. The van der Waals surface area contributed by atoms with Crippen LogP contribution in [0.4, 0.5) is 0 Å². The van der Waals surface area contributed by atoms with E-state index in [0.29, 0.717) is 11.7 Å². The second kappa shape index (κ2) is 4.81. The standard InChI is InChI=1S/C13H19IO/c1-5-10(14)12(15)11-9(2)7-6-8-13(11,3)4/h5-7,9,11H,8H2,1-4H3. The summed E-state index contributed by atoms with van der Waals surface area (Å²) >= 11 is 2.15. The maximum atomic E-state index is 12.2. The van der Waals surface area contributed by atoms with Crippen LogP contribution >= 0.6 is 22.6 Å². The van der Waals surface area contributed by atoms with Gasteiger partial charge in [-0.1, -0.05) is 39.0 Å². The fourth-order valence-corrected chi connectivity index (χ4v) is 2.76. The number of halogens is 1. The number of carbonyl (C=O) groups is 1. The molecular weight excluding hydrogens is 299 g/mol. The average Bonchev–Trinajstić information content (AvgIpc) is 2.14. The Morgan fingerprint density at radius 1 is 1.53 bits per heavy atom. The van der Waals surface area contributed by atoms with E-state index < -0.39 is 0 Å². The third-order valence-electron chi connectivity index (χ3n) is 3.22. The molecule has 1 aliphatic carbocycles. The van der Waals surface area contributed by atoms with Crippen molar-refractivity contribution in [2.24, 2.45) is 17.3 Å². The van der Waals surface area contributed by atoms with Gasteiger partial charge in [0, 0.05) is 5.92 Å². The molecular formula is C13H19IO. The van der Waals surface area contributed by atoms with Gasteiger partial charge in [-0.05, 0) is 47.3 Å². The zero-order valence-corrected chi connectivity index (χ0v) is 12.0. The van der Waals surface area contributed by atoms with Crippen LogP contribution in [0.15, 0.2) is 21.8 Å². The summed E-state index contributed by atoms with van der Waals surface area (Å²) in [5, 5.41) is 0. The van der Waals surface area contributed by atoms with E-state index in [-0.39, 0.29) is 11.3 Å². The molecule has 0 spiro atoms. The van der Waals surface area contributed by atoms with Crippen molar-refractivity contribution in [3.8, 4) is 0 Å². The number of hydrogen-bond acceptors (Lipinski definition) is 1. The number of carbonyl (C=O) groups excluding carboxylic acids is 1. The van der Waals surface area contributed by atoms with Crippen LogP contribution in [0.3, 0.4) is 0 Å². The van der Waals surface area contributed by atoms with E-state index >= 15 is 0 Å². The van der Waals surface area contributed by atoms with Crippen LogP contribution < -0.4 is 0 Å². The van der Waals surface area contributed by atoms with Crippen molar-refractivity contribution >= 4 is 28.4 Å². The highest BCUT2D eigenvalue weighted by Crippen LogP contribution is 2.42. The first-order chi connectivity index (χ1) is 6.90. The van der Waals surface area contributed by atoms with Crippen LogP contribution in [0.5, 0.6) is 0 Å². The minimum Gasteiger partial charge on any atom is -0.293 e. The van der Waals surface area contributed by atoms with Gasteiger partial charge in [-0.2, -0.15) is 0 Å². The Morgan fingerprint density at radius 2 is 2.13 bits per heavy atom. The first kappa shape index (κ1) is 12.9. The van der Waals surface area contributed by atoms with E-state index in [0.717, 1.165) is 10.0 Å². The molecule has 0 bridgehead atoms. The largest absolute Gasteiger partial charge is 0.293 e. The lowest BCUT2D eigenvalue weighted by molar-refractivity contribution is -0.123. The molecule has 0 saturated carbocycles. The molecule has 2 heteroatoms. The van der Waals surface area contributed by atoms with Gasteiger partial charge in [0.15, 0.2) is 5.78 Å². The number of rotatable bonds is 2. The summed E-state index contributed by atoms with van der Waals surface area (Å²) < 4.78 is 0.868. The molecule has 0 heterocycles. The SMILES string of the molecule is CC=C(I)C(=O)C1C(C)C=CCC1(C)C. The number of allylic oxidation sites excluding steroid dienone is 4. The van der Waals surface area contributed by atoms with E-state index in [1.165, 1.54) is 0 Å². The smallest absolute Gasteiger partial charge is 0.172 e. The van der Waals surface area contributed by atoms with Gasteiger partial charge in [-0.15, -0.1) is 0 Å². The van der Waals surface area contributed by atoms with Gasteiger partial charge in [0.1, 0.15) is 0 Å². The van der Waals surface area contributed by atoms with Gasteiger partial charge < -0.3 is 0 Å². The second-order valence-electron chi connectivity index (χ2n) is 4.96. The van der Waals surface area contributed by atoms with Gasteiger partial charge in [0.05, 0.1) is 3.58 Å². The first-order valence-corrected chi connectivity index (χ1v) is 6.50. The van der Waals surface area contributed by atoms with E-state index in [1.807, 2.05) is 13.0 Å². The lowest BCUT2D eigenvalue weighted by atomic mass is 9.65. The van der Waals surface area contributed by atoms with E-state index in [4.69, 9.17) is 0 Å². The normalized spacial score (nSPS) is 30.3. The van der Waals surface area contributed by atoms with Crippen LogP contribution in [0.1, 0.15) is 34.1 Å². The van der Waals surface area contributed by atoms with Crippen LogP contribution in [0.2, 0.25) is 0 Å². The van der Waals surface area contributed by atoms with Crippen molar-refractivity contribution in [2.45, 2.75) is 34.1 Å². The molecule has 2 atom stereocenters. The van der Waals surface area contributed by atoms with E-state index in [1.54, 1.807) is 0 Å². The molecule has 0 fully saturated rings. The lowest BCUT2D eigenvalue weighted by Crippen LogP contribution is -2.37. The molecule has 0 saturated heterocycles. The summed E-state index contributed by atoms with van der Waals surface area (Å²) in [5.74, 6) is 0.788. The summed E-state index contributed by atoms with van der Waals surface area (Å²) in [6.45, 7) is 8.44. The van der Waals surface area contributed by atoms with Gasteiger partial charge in [-0.25, -0.2) is 0 Å². The third kappa shape index (κ3) is 2.71. The van der Waals surface area contributed by atoms with Gasteiger partial charge in [-0.3, -0.25) is 4.79 Å². The topological polar surface area (TPSA) is 17.1 Å². The Bertz CT molecular complexity index is 312. The zero-order valence-electron chi connectivity index (χ0n) is 9.88. The number of Topliss-reactive ketones (excluding diaryl/α,β-unsaturated/α-hetero) is 1. The van der Waals surface area contributed by atoms with E-state index in [9.17, 15) is 4.79 Å². The van der Waals surface area contributed by atoms with Crippen molar-refractivity contribution in [1.82, 2.24) is 0 Å². The van der Waals surface area contributed by atoms with Gasteiger partial charge >= 0.3 is 0 Å². The summed E-state index contributed by atoms with van der Waals surface area (Å²) in [6.07, 6.45) is 7.29. The van der Waals surface area contributed by atoms with Crippen molar-refractivity contribution in [3.63, 3.8) is 0 Å². The maximum absolute atomic E-state index is 12.2. The summed E-state index contributed by atoms with van der Waals surface area (Å²) in [4.78, 5) is 12.2. The summed E-state index contributed by atoms with van der Waals surface area (Å²) in [7, 11) is 0. The number of hydrogen-bond donors (Lipinski definition) is 0. The Hall–Kier alpha value is -0.120. The Morgan fingerprint density at radius 3 is 2.60 bits per heavy atom. The molecule has 0 N–H and O–H groups in total. The fraction of sp³-hybridized carbons (Fsp3) is 0.615. The minimum atomic E-state index is 0.0880. The monoisotopic (exact) mass is 318 g/mol. The molecule has 0 amide bonds. The van der Waals surface area contributed by atoms with Gasteiger partial charge in [0.25, 0.3) is 0 Å². The van der Waals surface area contributed by atoms with Crippen molar-refractivity contribution in [2.75, 3.05) is 0 Å². The third-order valence-corrected chi connectivity index (χ3v) is 4.38. The molecule has 1 aliphatic rings. The molecule has 0 aliphatic heterocycles. The Kier molecular flexibility index (Phi) is 4.15. The van der Waals surface area contributed by atoms with Crippen molar-refractivity contribution in [3.05, 3.63) is 21.8 Å². The van der Waals surface area contributed by atoms with Crippen LogP contribution in [-0.4, -0.2) is 5.78 Å². The predicted molar refractivity (Wildman–Crippen MR) is 73.0 cm³/mol. The lowest BCUT2D eigenvalue weighted by Gasteiger charge is -2.38. The maximum Gasteiger partial charge on any atom is 0.172 e. The van der Waals surface area contributed by atoms with E-state index in [2.05, 4.69) is 55.5 Å². The summed E-state index contributed by atoms with van der Waals surface area (Å²) in [5.41, 5.74) is 0.0880. The van der Waals surface area contributed by atoms with Crippen LogP contribution in [-0.2, 0) is 4.79 Å². The highest BCUT2D eigenvalue weighted by molar-refractivity contribution is 14.1. The molecule has 2 unspecified atom stereocenters. The predicted octanol–water partition coefficient (Wildman–Crippen LogP) is 4.13. The molecule has 84 valence electrons. The minimum absolute atomic E-state index is 0.0880. The highest BCUT2D eigenvalue weighted by Gasteiger charge is 2.39. The molecule has 1 nitrogen and oxygen atoms in total. The number of ketones is 1. The van der Waals surface area contributed by atoms with Crippen molar-refractivity contribution in [1.29, 1.82) is 0 Å². The van der Waals surface area contributed by atoms with Crippen LogP contribution in [0, 0.1) is 17.3 Å².